The first-order valence-corrected chi connectivity index (χ1v) is 12.5. The fraction of sp³-hybridized carbons (Fsp3) is 0.370. The van der Waals surface area contributed by atoms with Crippen LogP contribution >= 0.6 is 0 Å². The number of halogens is 1. The lowest BCUT2D eigenvalue weighted by atomic mass is 10.0. The molecule has 10 heteroatoms. The quantitative estimate of drug-likeness (QED) is 0.436. The van der Waals surface area contributed by atoms with Crippen LogP contribution in [-0.4, -0.2) is 60.8 Å². The molecule has 6 rings (SSSR count). The summed E-state index contributed by atoms with van der Waals surface area (Å²) in [5, 5.41) is 4.84. The Morgan fingerprint density at radius 3 is 2.68 bits per heavy atom. The number of nitrogens with one attached hydrogen (secondary N) is 1. The van der Waals surface area contributed by atoms with Gasteiger partial charge in [0, 0.05) is 31.1 Å². The van der Waals surface area contributed by atoms with Crippen LogP contribution in [0.25, 0.3) is 16.9 Å². The Kier molecular flexibility index (Phi) is 5.02. The number of benzene rings is 1. The van der Waals surface area contributed by atoms with Crippen LogP contribution < -0.4 is 4.57 Å². The number of fused-ring (bicyclic) bond motifs is 5. The van der Waals surface area contributed by atoms with Crippen molar-refractivity contribution in [2.45, 2.75) is 46.2 Å². The van der Waals surface area contributed by atoms with Crippen LogP contribution in [0.4, 0.5) is 4.39 Å². The molecule has 3 aromatic heterocycles. The smallest absolute Gasteiger partial charge is 0.313 e. The number of carbonyl (C=O) groups excluding carboxylic acids is 2. The third kappa shape index (κ3) is 3.38. The molecule has 1 N–H and O–H groups in total. The number of amides is 2. The van der Waals surface area contributed by atoms with Crippen LogP contribution in [0.3, 0.4) is 0 Å². The Bertz CT molecular complexity index is 1600. The van der Waals surface area contributed by atoms with Crippen molar-refractivity contribution in [3.63, 3.8) is 0 Å². The summed E-state index contributed by atoms with van der Waals surface area (Å²) < 4.78 is 17.7. The van der Waals surface area contributed by atoms with E-state index in [1.807, 2.05) is 29.4 Å². The van der Waals surface area contributed by atoms with E-state index >= 15 is 0 Å². The maximum Gasteiger partial charge on any atom is 0.313 e. The lowest BCUT2D eigenvalue weighted by molar-refractivity contribution is -0.749. The molecule has 5 heterocycles. The average Bonchev–Trinajstić information content (AvgIpc) is 3.52. The molecule has 2 aliphatic heterocycles. The lowest BCUT2D eigenvalue weighted by Gasteiger charge is -2.42. The first-order chi connectivity index (χ1) is 17.6. The number of hydrogen-bond acceptors (Lipinski definition) is 4. The second-order valence-electron chi connectivity index (χ2n) is 10.5. The van der Waals surface area contributed by atoms with Crippen molar-refractivity contribution in [2.24, 2.45) is 0 Å². The summed E-state index contributed by atoms with van der Waals surface area (Å²) >= 11 is 0. The molecule has 0 bridgehead atoms. The molecule has 2 amide bonds. The van der Waals surface area contributed by atoms with E-state index in [4.69, 9.17) is 5.10 Å². The Balaban J connectivity index is 1.49. The maximum absolute atomic E-state index is 13.9. The highest BCUT2D eigenvalue weighted by molar-refractivity contribution is 5.95. The van der Waals surface area contributed by atoms with Crippen molar-refractivity contribution < 1.29 is 18.5 Å². The first kappa shape index (κ1) is 23.3. The Morgan fingerprint density at radius 1 is 1.22 bits per heavy atom. The summed E-state index contributed by atoms with van der Waals surface area (Å²) in [6.45, 7) is 11.0. The van der Waals surface area contributed by atoms with Gasteiger partial charge in [-0.05, 0) is 49.6 Å². The molecule has 0 spiro atoms. The molecule has 1 fully saturated rings. The van der Waals surface area contributed by atoms with Crippen molar-refractivity contribution in [2.75, 3.05) is 19.6 Å². The van der Waals surface area contributed by atoms with Crippen LogP contribution in [0.2, 0.25) is 0 Å². The first-order valence-electron chi connectivity index (χ1n) is 12.5. The zero-order chi connectivity index (χ0) is 26.2. The molecule has 190 valence electrons. The van der Waals surface area contributed by atoms with Crippen LogP contribution in [0.15, 0.2) is 36.7 Å². The van der Waals surface area contributed by atoms with Crippen molar-refractivity contribution >= 4 is 17.5 Å². The van der Waals surface area contributed by atoms with E-state index in [9.17, 15) is 14.0 Å². The second-order valence-corrected chi connectivity index (χ2v) is 10.5. The molecule has 37 heavy (non-hydrogen) atoms. The lowest BCUT2D eigenvalue weighted by Crippen LogP contribution is -2.69. The van der Waals surface area contributed by atoms with E-state index in [-0.39, 0.29) is 23.5 Å². The number of piperazine rings is 1. The molecule has 0 aliphatic carbocycles. The van der Waals surface area contributed by atoms with Crippen molar-refractivity contribution in [3.05, 3.63) is 70.8 Å². The van der Waals surface area contributed by atoms with Crippen LogP contribution in [-0.2, 0) is 5.66 Å². The maximum atomic E-state index is 13.9. The van der Waals surface area contributed by atoms with Gasteiger partial charge in [0.15, 0.2) is 6.20 Å². The Morgan fingerprint density at radius 2 is 2.00 bits per heavy atom. The largest absolute Gasteiger partial charge is 0.338 e. The number of aromatic amines is 1. The van der Waals surface area contributed by atoms with Gasteiger partial charge >= 0.3 is 11.6 Å². The average molecular weight is 503 g/mol. The van der Waals surface area contributed by atoms with Crippen LogP contribution in [0.1, 0.15) is 64.6 Å². The fourth-order valence-corrected chi connectivity index (χ4v) is 5.66. The van der Waals surface area contributed by atoms with E-state index in [0.717, 1.165) is 16.8 Å². The van der Waals surface area contributed by atoms with Gasteiger partial charge in [0.05, 0.1) is 12.7 Å². The standard InChI is InChI=1S/C27H28FN7O2/c1-15(2)19-11-21(18-6-7-20(28)16(3)10-18)31-34-13-23-26(37)33-9-8-32(14-27(33,5)35(23)24(19)34)25(36)22-12-29-17(4)30-22/h6-7,10-13,15H,8-9,14H2,1-5H3/p+1. The van der Waals surface area contributed by atoms with E-state index in [0.29, 0.717) is 48.1 Å². The third-order valence-electron chi connectivity index (χ3n) is 7.59. The van der Waals surface area contributed by atoms with E-state index in [1.165, 1.54) is 6.07 Å². The Labute approximate surface area is 213 Å². The number of aromatic nitrogens is 5. The molecule has 9 nitrogen and oxygen atoms in total. The van der Waals surface area contributed by atoms with E-state index in [1.54, 1.807) is 40.9 Å². The molecule has 0 saturated carbocycles. The van der Waals surface area contributed by atoms with Gasteiger partial charge in [-0.2, -0.15) is 4.57 Å². The highest BCUT2D eigenvalue weighted by Gasteiger charge is 2.57. The van der Waals surface area contributed by atoms with Gasteiger partial charge in [-0.25, -0.2) is 9.37 Å². The number of rotatable bonds is 3. The third-order valence-corrected chi connectivity index (χ3v) is 7.59. The predicted molar refractivity (Wildman–Crippen MR) is 134 cm³/mol. The monoisotopic (exact) mass is 502 g/mol. The number of carbonyl (C=O) groups is 2. The van der Waals surface area contributed by atoms with Gasteiger partial charge in [0.2, 0.25) is 11.4 Å². The van der Waals surface area contributed by atoms with Crippen LogP contribution in [0.5, 0.6) is 0 Å². The summed E-state index contributed by atoms with van der Waals surface area (Å²) in [7, 11) is 0. The van der Waals surface area contributed by atoms with E-state index < -0.39 is 5.66 Å². The van der Waals surface area contributed by atoms with Crippen LogP contribution in [0, 0.1) is 19.7 Å². The van der Waals surface area contributed by atoms with Crippen molar-refractivity contribution in [1.29, 1.82) is 0 Å². The summed E-state index contributed by atoms with van der Waals surface area (Å²) in [5.74, 6) is 0.331. The fourth-order valence-electron chi connectivity index (χ4n) is 5.66. The summed E-state index contributed by atoms with van der Waals surface area (Å²) in [6, 6.07) is 6.98. The summed E-state index contributed by atoms with van der Waals surface area (Å²) in [4.78, 5) is 37.7. The number of hydrogen-bond donors (Lipinski definition) is 1. The molecule has 2 aliphatic rings. The summed E-state index contributed by atoms with van der Waals surface area (Å²) in [5.41, 5.74) is 4.10. The van der Waals surface area contributed by atoms with Gasteiger partial charge in [-0.15, -0.1) is 0 Å². The molecule has 1 aromatic carbocycles. The number of aryl methyl sites for hydroxylation is 2. The minimum Gasteiger partial charge on any atom is -0.338 e. The molecule has 1 saturated heterocycles. The zero-order valence-electron chi connectivity index (χ0n) is 21.5. The van der Waals surface area contributed by atoms with E-state index in [2.05, 4.69) is 23.8 Å². The van der Waals surface area contributed by atoms with Gasteiger partial charge in [0.1, 0.15) is 23.0 Å². The highest BCUT2D eigenvalue weighted by Crippen LogP contribution is 2.34. The molecular weight excluding hydrogens is 473 g/mol. The van der Waals surface area contributed by atoms with Crippen molar-refractivity contribution in [3.8, 4) is 11.3 Å². The number of H-pyrrole nitrogens is 1. The number of imidazole rings is 2. The number of nitrogens with zero attached hydrogens (tertiary/aromatic N) is 6. The zero-order valence-corrected chi connectivity index (χ0v) is 21.5. The molecule has 0 radical (unpaired) electrons. The second kappa shape index (κ2) is 7.96. The topological polar surface area (TPSA) is 90.5 Å². The Hall–Kier alpha value is -4.08. The van der Waals surface area contributed by atoms with Gasteiger partial charge in [-0.3, -0.25) is 14.5 Å². The van der Waals surface area contributed by atoms with Gasteiger partial charge in [-0.1, -0.05) is 23.5 Å². The summed E-state index contributed by atoms with van der Waals surface area (Å²) in [6.07, 6.45) is 3.33. The normalized spacial score (nSPS) is 19.2. The van der Waals surface area contributed by atoms with Gasteiger partial charge < -0.3 is 9.88 Å². The highest BCUT2D eigenvalue weighted by atomic mass is 19.1. The molecule has 1 atom stereocenters. The minimum atomic E-state index is -0.774. The minimum absolute atomic E-state index is 0.0774. The molecule has 4 aromatic rings. The SMILES string of the molecule is Cc1ncc(C(=O)N2CCN3C(=O)c4cn5nc(-c6ccc(F)c(C)c6)cc(C(C)C)c5[n+]4C3(C)C2)[nH]1. The van der Waals surface area contributed by atoms with Gasteiger partial charge in [0.25, 0.3) is 5.91 Å². The molecule has 1 unspecified atom stereocenters. The predicted octanol–water partition coefficient (Wildman–Crippen LogP) is 3.18. The van der Waals surface area contributed by atoms with Crippen molar-refractivity contribution in [1.82, 2.24) is 29.4 Å². The molecular formula is C27H29FN7O2+.